The Morgan fingerprint density at radius 1 is 1.36 bits per heavy atom. The molecule has 2 N–H and O–H groups in total. The lowest BCUT2D eigenvalue weighted by atomic mass is 10.1. The molecule has 0 aliphatic rings. The third kappa shape index (κ3) is 5.56. The molecule has 1 aromatic heterocycles. The molecule has 1 aromatic carbocycles. The van der Waals surface area contributed by atoms with Gasteiger partial charge in [-0.25, -0.2) is 13.9 Å². The van der Waals surface area contributed by atoms with E-state index in [2.05, 4.69) is 10.4 Å². The second-order valence-electron chi connectivity index (χ2n) is 5.80. The first-order valence-corrected chi connectivity index (χ1v) is 9.68. The maximum Gasteiger partial charge on any atom is 0.326 e. The number of rotatable bonds is 9. The summed E-state index contributed by atoms with van der Waals surface area (Å²) in [6.45, 7) is -0.445. The van der Waals surface area contributed by atoms with E-state index in [1.165, 1.54) is 49.2 Å². The van der Waals surface area contributed by atoms with E-state index in [9.17, 15) is 23.9 Å². The lowest BCUT2D eigenvalue weighted by Crippen LogP contribution is -2.44. The Bertz CT molecular complexity index is 918. The monoisotopic (exact) mass is 409 g/mol. The van der Waals surface area contributed by atoms with Crippen molar-refractivity contribution in [3.05, 3.63) is 46.5 Å². The summed E-state index contributed by atoms with van der Waals surface area (Å²) < 4.78 is 19.4. The number of aliphatic carboxylic acids is 1. The van der Waals surface area contributed by atoms with Gasteiger partial charge in [-0.3, -0.25) is 9.59 Å². The number of ether oxygens (including phenoxy) is 1. The summed E-state index contributed by atoms with van der Waals surface area (Å²) in [4.78, 5) is 35.5. The van der Waals surface area contributed by atoms with Crippen molar-refractivity contribution in [3.8, 4) is 17.0 Å². The molecule has 8 nitrogen and oxygen atoms in total. The van der Waals surface area contributed by atoms with Crippen LogP contribution in [0.3, 0.4) is 0 Å². The summed E-state index contributed by atoms with van der Waals surface area (Å²) in [5.41, 5.74) is 0.221. The number of carboxylic acids is 1. The third-order valence-electron chi connectivity index (χ3n) is 3.84. The van der Waals surface area contributed by atoms with E-state index in [1.54, 1.807) is 0 Å². The molecule has 150 valence electrons. The molecule has 10 heteroatoms. The zero-order chi connectivity index (χ0) is 20.7. The van der Waals surface area contributed by atoms with Gasteiger partial charge in [-0.1, -0.05) is 0 Å². The first-order chi connectivity index (χ1) is 13.3. The minimum absolute atomic E-state index is 0.227. The topological polar surface area (TPSA) is 111 Å². The van der Waals surface area contributed by atoms with E-state index in [0.29, 0.717) is 17.0 Å². The number of carbonyl (C=O) groups excluding carboxylic acids is 1. The van der Waals surface area contributed by atoms with Crippen LogP contribution < -0.4 is 15.6 Å². The van der Waals surface area contributed by atoms with Gasteiger partial charge in [-0.15, -0.1) is 0 Å². The van der Waals surface area contributed by atoms with Crippen molar-refractivity contribution in [3.63, 3.8) is 0 Å². The number of methoxy groups -OCH3 is 1. The van der Waals surface area contributed by atoms with Crippen LogP contribution in [0.25, 0.3) is 11.3 Å². The van der Waals surface area contributed by atoms with Gasteiger partial charge in [0.05, 0.1) is 12.8 Å². The van der Waals surface area contributed by atoms with Gasteiger partial charge in [0.2, 0.25) is 5.91 Å². The van der Waals surface area contributed by atoms with E-state index in [-0.39, 0.29) is 12.2 Å². The molecule has 0 fully saturated rings. The highest BCUT2D eigenvalue weighted by Crippen LogP contribution is 2.28. The van der Waals surface area contributed by atoms with Crippen molar-refractivity contribution in [1.82, 2.24) is 15.1 Å². The highest BCUT2D eigenvalue weighted by Gasteiger charge is 2.20. The molecule has 0 aliphatic heterocycles. The Labute approximate surface area is 164 Å². The fourth-order valence-electron chi connectivity index (χ4n) is 2.45. The number of hydrogen-bond donors (Lipinski definition) is 2. The standard InChI is InChI=1S/C18H20FN3O5S/c1-27-15-9-11(19)3-4-12(15)13-5-6-17(24)22(21-13)10-16(23)20-14(18(25)26)7-8-28-2/h3-6,9,14H,7-8,10H2,1-2H3,(H,20,23)(H,25,26). The Hall–Kier alpha value is -2.88. The van der Waals surface area contributed by atoms with Crippen LogP contribution in [0.15, 0.2) is 35.1 Å². The molecule has 0 saturated carbocycles. The molecule has 0 saturated heterocycles. The molecule has 28 heavy (non-hydrogen) atoms. The SMILES string of the molecule is COc1cc(F)ccc1-c1ccc(=O)n(CC(=O)NC(CCSC)C(=O)O)n1. The highest BCUT2D eigenvalue weighted by atomic mass is 32.2. The second kappa shape index (κ2) is 9.88. The molecule has 0 radical (unpaired) electrons. The molecule has 0 bridgehead atoms. The zero-order valence-electron chi connectivity index (χ0n) is 15.3. The predicted octanol–water partition coefficient (Wildman–Crippen LogP) is 1.38. The summed E-state index contributed by atoms with van der Waals surface area (Å²) in [5.74, 6) is -1.49. The number of aromatic nitrogens is 2. The Morgan fingerprint density at radius 3 is 2.75 bits per heavy atom. The van der Waals surface area contributed by atoms with Crippen molar-refractivity contribution >= 4 is 23.6 Å². The van der Waals surface area contributed by atoms with Crippen LogP contribution in [0.4, 0.5) is 4.39 Å². The number of amides is 1. The van der Waals surface area contributed by atoms with E-state index in [0.717, 1.165) is 4.68 Å². The first-order valence-electron chi connectivity index (χ1n) is 8.29. The average Bonchev–Trinajstić information content (AvgIpc) is 2.66. The molecule has 1 heterocycles. The predicted molar refractivity (Wildman–Crippen MR) is 103 cm³/mol. The van der Waals surface area contributed by atoms with Crippen LogP contribution in [0.5, 0.6) is 5.75 Å². The summed E-state index contributed by atoms with van der Waals surface area (Å²) in [6, 6.07) is 5.48. The molecule has 0 aliphatic carbocycles. The average molecular weight is 409 g/mol. The van der Waals surface area contributed by atoms with Gasteiger partial charge >= 0.3 is 5.97 Å². The minimum atomic E-state index is -1.15. The van der Waals surface area contributed by atoms with E-state index in [1.807, 2.05) is 6.26 Å². The number of carbonyl (C=O) groups is 2. The van der Waals surface area contributed by atoms with Crippen LogP contribution in [0.1, 0.15) is 6.42 Å². The number of halogens is 1. The molecule has 2 rings (SSSR count). The Kier molecular flexibility index (Phi) is 7.56. The number of nitrogens with one attached hydrogen (secondary N) is 1. The van der Waals surface area contributed by atoms with Gasteiger partial charge in [0, 0.05) is 17.7 Å². The van der Waals surface area contributed by atoms with Gasteiger partial charge in [0.25, 0.3) is 5.56 Å². The Morgan fingerprint density at radius 2 is 2.11 bits per heavy atom. The van der Waals surface area contributed by atoms with Crippen molar-refractivity contribution in [2.75, 3.05) is 19.1 Å². The fraction of sp³-hybridized carbons (Fsp3) is 0.333. The van der Waals surface area contributed by atoms with Crippen molar-refractivity contribution in [2.24, 2.45) is 0 Å². The summed E-state index contributed by atoms with van der Waals surface area (Å²) >= 11 is 1.46. The maximum absolute atomic E-state index is 13.4. The molecule has 1 amide bonds. The third-order valence-corrected chi connectivity index (χ3v) is 4.49. The van der Waals surface area contributed by atoms with Crippen LogP contribution in [0.2, 0.25) is 0 Å². The molecular formula is C18H20FN3O5S. The number of benzene rings is 1. The van der Waals surface area contributed by atoms with Gasteiger partial charge in [0.15, 0.2) is 0 Å². The molecule has 2 aromatic rings. The number of hydrogen-bond acceptors (Lipinski definition) is 6. The summed E-state index contributed by atoms with van der Waals surface area (Å²) in [6.07, 6.45) is 2.09. The van der Waals surface area contributed by atoms with Crippen LogP contribution in [0, 0.1) is 5.82 Å². The Balaban J connectivity index is 2.23. The van der Waals surface area contributed by atoms with Gasteiger partial charge in [-0.05, 0) is 36.6 Å². The molecule has 0 spiro atoms. The fourth-order valence-corrected chi connectivity index (χ4v) is 2.92. The number of thioether (sulfide) groups is 1. The van der Waals surface area contributed by atoms with Crippen LogP contribution in [-0.4, -0.2) is 51.9 Å². The second-order valence-corrected chi connectivity index (χ2v) is 6.78. The van der Waals surface area contributed by atoms with E-state index < -0.39 is 35.8 Å². The van der Waals surface area contributed by atoms with Crippen molar-refractivity contribution in [1.29, 1.82) is 0 Å². The lowest BCUT2D eigenvalue weighted by molar-refractivity contribution is -0.142. The van der Waals surface area contributed by atoms with E-state index >= 15 is 0 Å². The van der Waals surface area contributed by atoms with Gasteiger partial charge in [0.1, 0.15) is 24.2 Å². The summed E-state index contributed by atoms with van der Waals surface area (Å²) in [7, 11) is 1.38. The number of nitrogens with zero attached hydrogens (tertiary/aromatic N) is 2. The maximum atomic E-state index is 13.4. The quantitative estimate of drug-likeness (QED) is 0.644. The smallest absolute Gasteiger partial charge is 0.326 e. The van der Waals surface area contributed by atoms with E-state index in [4.69, 9.17) is 4.74 Å². The molecule has 1 unspecified atom stereocenters. The lowest BCUT2D eigenvalue weighted by Gasteiger charge is -2.14. The molecule has 1 atom stereocenters. The van der Waals surface area contributed by atoms with Gasteiger partial charge in [-0.2, -0.15) is 16.9 Å². The molecular weight excluding hydrogens is 389 g/mol. The highest BCUT2D eigenvalue weighted by molar-refractivity contribution is 7.98. The minimum Gasteiger partial charge on any atom is -0.496 e. The van der Waals surface area contributed by atoms with Gasteiger partial charge < -0.3 is 15.2 Å². The first kappa shape index (κ1) is 21.4. The van der Waals surface area contributed by atoms with Crippen LogP contribution in [-0.2, 0) is 16.1 Å². The van der Waals surface area contributed by atoms with Crippen LogP contribution >= 0.6 is 11.8 Å². The summed E-state index contributed by atoms with van der Waals surface area (Å²) in [5, 5.41) is 15.7. The van der Waals surface area contributed by atoms with Crippen molar-refractivity contribution < 1.29 is 23.8 Å². The van der Waals surface area contributed by atoms with Crippen molar-refractivity contribution in [2.45, 2.75) is 19.0 Å². The number of carboxylic acid groups (broad SMARTS) is 1. The zero-order valence-corrected chi connectivity index (χ0v) is 16.2. The largest absolute Gasteiger partial charge is 0.496 e. The normalized spacial score (nSPS) is 11.7.